The Bertz CT molecular complexity index is 1170. The first-order valence-electron chi connectivity index (χ1n) is 9.10. The van der Waals surface area contributed by atoms with E-state index in [0.29, 0.717) is 11.4 Å². The van der Waals surface area contributed by atoms with Gasteiger partial charge in [0.25, 0.3) is 5.91 Å². The van der Waals surface area contributed by atoms with Crippen LogP contribution < -0.4 is 5.32 Å². The number of benzene rings is 1. The molecule has 4 rings (SSSR count). The molecule has 2 N–H and O–H groups in total. The van der Waals surface area contributed by atoms with Crippen molar-refractivity contribution in [2.75, 3.05) is 5.32 Å². The molecule has 0 spiro atoms. The summed E-state index contributed by atoms with van der Waals surface area (Å²) in [6, 6.07) is 11.4. The number of rotatable bonds is 3. The smallest absolute Gasteiger partial charge is 0.259 e. The second-order valence-electron chi connectivity index (χ2n) is 7.83. The van der Waals surface area contributed by atoms with Gasteiger partial charge in [0.15, 0.2) is 5.82 Å². The Kier molecular flexibility index (Phi) is 4.22. The van der Waals surface area contributed by atoms with E-state index in [4.69, 9.17) is 0 Å². The van der Waals surface area contributed by atoms with Crippen molar-refractivity contribution >= 4 is 17.1 Å². The fourth-order valence-corrected chi connectivity index (χ4v) is 2.92. The lowest BCUT2D eigenvalue weighted by Crippen LogP contribution is -2.13. The third-order valence-corrected chi connectivity index (χ3v) is 4.61. The summed E-state index contributed by atoms with van der Waals surface area (Å²) in [5.41, 5.74) is 3.69. The largest absolute Gasteiger partial charge is 0.322 e. The van der Waals surface area contributed by atoms with Crippen LogP contribution in [-0.4, -0.2) is 30.7 Å². The molecule has 0 radical (unpaired) electrons. The zero-order chi connectivity index (χ0) is 19.9. The number of aryl methyl sites for hydroxylation is 1. The van der Waals surface area contributed by atoms with Gasteiger partial charge in [-0.1, -0.05) is 39.0 Å². The predicted octanol–water partition coefficient (Wildman–Crippen LogP) is 3.98. The second-order valence-corrected chi connectivity index (χ2v) is 7.83. The van der Waals surface area contributed by atoms with E-state index < -0.39 is 0 Å². The van der Waals surface area contributed by atoms with Gasteiger partial charge in [-0.05, 0) is 30.7 Å². The zero-order valence-corrected chi connectivity index (χ0v) is 16.3. The fourth-order valence-electron chi connectivity index (χ4n) is 2.92. The van der Waals surface area contributed by atoms with Crippen LogP contribution in [0.5, 0.6) is 0 Å². The summed E-state index contributed by atoms with van der Waals surface area (Å²) in [4.78, 5) is 17.4. The fraction of sp³-hybridized carbons (Fsp3) is 0.238. The zero-order valence-electron chi connectivity index (χ0n) is 16.3. The molecule has 28 heavy (non-hydrogen) atoms. The lowest BCUT2D eigenvalue weighted by Gasteiger charge is -2.13. The van der Waals surface area contributed by atoms with Crippen molar-refractivity contribution in [3.05, 3.63) is 65.7 Å². The number of hydrogen-bond acceptors (Lipinski definition) is 4. The summed E-state index contributed by atoms with van der Waals surface area (Å²) < 4.78 is 1.68. The second kappa shape index (κ2) is 6.60. The van der Waals surface area contributed by atoms with Crippen LogP contribution >= 0.6 is 0 Å². The van der Waals surface area contributed by atoms with E-state index >= 15 is 0 Å². The van der Waals surface area contributed by atoms with E-state index in [1.807, 2.05) is 49.5 Å². The van der Waals surface area contributed by atoms with Gasteiger partial charge in [0, 0.05) is 22.9 Å². The van der Waals surface area contributed by atoms with E-state index in [-0.39, 0.29) is 11.3 Å². The van der Waals surface area contributed by atoms with Gasteiger partial charge in [-0.2, -0.15) is 10.2 Å². The maximum Gasteiger partial charge on any atom is 0.259 e. The molecule has 142 valence electrons. The van der Waals surface area contributed by atoms with E-state index in [9.17, 15) is 4.79 Å². The summed E-state index contributed by atoms with van der Waals surface area (Å²) in [7, 11) is 0. The van der Waals surface area contributed by atoms with Gasteiger partial charge in [0.05, 0.1) is 17.3 Å². The molecular weight excluding hydrogens is 352 g/mol. The van der Waals surface area contributed by atoms with Crippen LogP contribution in [0, 0.1) is 6.92 Å². The molecule has 3 heterocycles. The molecular formula is C21H22N6O. The number of fused-ring (bicyclic) bond motifs is 1. The molecule has 0 unspecified atom stereocenters. The van der Waals surface area contributed by atoms with E-state index in [1.54, 1.807) is 10.7 Å². The van der Waals surface area contributed by atoms with Crippen LogP contribution in [0.1, 0.15) is 42.5 Å². The van der Waals surface area contributed by atoms with Crippen LogP contribution in [0.25, 0.3) is 16.9 Å². The van der Waals surface area contributed by atoms with Gasteiger partial charge >= 0.3 is 0 Å². The molecule has 0 aliphatic heterocycles. The van der Waals surface area contributed by atoms with E-state index in [0.717, 1.165) is 28.2 Å². The number of hydrogen-bond donors (Lipinski definition) is 2. The van der Waals surface area contributed by atoms with Crippen LogP contribution in [-0.2, 0) is 5.41 Å². The van der Waals surface area contributed by atoms with Crippen molar-refractivity contribution in [3.63, 3.8) is 0 Å². The Balaban J connectivity index is 1.64. The maximum absolute atomic E-state index is 12.8. The summed E-state index contributed by atoms with van der Waals surface area (Å²) in [5, 5.41) is 14.6. The van der Waals surface area contributed by atoms with Crippen molar-refractivity contribution in [1.29, 1.82) is 0 Å². The van der Waals surface area contributed by atoms with E-state index in [2.05, 4.69) is 46.4 Å². The molecule has 1 amide bonds. The van der Waals surface area contributed by atoms with Crippen LogP contribution in [0.2, 0.25) is 0 Å². The highest BCUT2D eigenvalue weighted by atomic mass is 16.1. The molecule has 0 fully saturated rings. The Hall–Kier alpha value is -3.48. The number of amides is 1. The van der Waals surface area contributed by atoms with Gasteiger partial charge in [-0.15, -0.1) is 0 Å². The number of aromatic nitrogens is 5. The Labute approximate surface area is 162 Å². The van der Waals surface area contributed by atoms with Gasteiger partial charge in [-0.3, -0.25) is 9.89 Å². The van der Waals surface area contributed by atoms with Crippen LogP contribution in [0.15, 0.2) is 48.8 Å². The minimum absolute atomic E-state index is 0.115. The molecule has 4 aromatic rings. The van der Waals surface area contributed by atoms with Gasteiger partial charge < -0.3 is 5.32 Å². The highest BCUT2D eigenvalue weighted by molar-refractivity contribution is 6.09. The quantitative estimate of drug-likeness (QED) is 0.568. The highest BCUT2D eigenvalue weighted by Gasteiger charge is 2.20. The number of nitrogens with zero attached hydrogens (tertiary/aromatic N) is 4. The standard InChI is InChI=1S/C21H22N6O/c1-13-8-9-14(18-24-20(26-25-18)21(2,3)4)11-16(13)23-19(28)15-12-22-27-10-6-5-7-17(15)27/h5-12H,1-4H3,(H,23,28)(H,24,25,26). The molecule has 0 saturated heterocycles. The van der Waals surface area contributed by atoms with Crippen LogP contribution in [0.4, 0.5) is 5.69 Å². The number of anilines is 1. The van der Waals surface area contributed by atoms with Crippen molar-refractivity contribution < 1.29 is 4.79 Å². The van der Waals surface area contributed by atoms with Crippen LogP contribution in [0.3, 0.4) is 0 Å². The lowest BCUT2D eigenvalue weighted by atomic mass is 9.96. The summed E-state index contributed by atoms with van der Waals surface area (Å²) in [6.07, 6.45) is 3.39. The topological polar surface area (TPSA) is 88.0 Å². The minimum atomic E-state index is -0.202. The molecule has 0 saturated carbocycles. The number of carbonyl (C=O) groups excluding carboxylic acids is 1. The Morgan fingerprint density at radius 1 is 1.18 bits per heavy atom. The predicted molar refractivity (Wildman–Crippen MR) is 108 cm³/mol. The van der Waals surface area contributed by atoms with E-state index in [1.165, 1.54) is 0 Å². The molecule has 7 heteroatoms. The Morgan fingerprint density at radius 3 is 2.75 bits per heavy atom. The van der Waals surface area contributed by atoms with Crippen molar-refractivity contribution in [2.24, 2.45) is 0 Å². The monoisotopic (exact) mass is 374 g/mol. The first kappa shape index (κ1) is 17.9. The Morgan fingerprint density at radius 2 is 2.00 bits per heavy atom. The number of aromatic amines is 1. The average molecular weight is 374 g/mol. The van der Waals surface area contributed by atoms with Crippen molar-refractivity contribution in [3.8, 4) is 11.4 Å². The molecule has 7 nitrogen and oxygen atoms in total. The first-order chi connectivity index (χ1) is 13.3. The van der Waals surface area contributed by atoms with Gasteiger partial charge in [-0.25, -0.2) is 9.50 Å². The molecule has 3 aromatic heterocycles. The van der Waals surface area contributed by atoms with Crippen molar-refractivity contribution in [2.45, 2.75) is 33.1 Å². The molecule has 0 aliphatic rings. The van der Waals surface area contributed by atoms with Crippen molar-refractivity contribution in [1.82, 2.24) is 24.8 Å². The lowest BCUT2D eigenvalue weighted by molar-refractivity contribution is 0.102. The first-order valence-corrected chi connectivity index (χ1v) is 9.10. The molecule has 0 atom stereocenters. The van der Waals surface area contributed by atoms with Gasteiger partial charge in [0.1, 0.15) is 5.82 Å². The third-order valence-electron chi connectivity index (χ3n) is 4.61. The average Bonchev–Trinajstić information content (AvgIpc) is 3.30. The molecule has 0 aliphatic carbocycles. The number of nitrogens with one attached hydrogen (secondary N) is 2. The minimum Gasteiger partial charge on any atom is -0.322 e. The third kappa shape index (κ3) is 3.26. The normalized spacial score (nSPS) is 11.7. The number of H-pyrrole nitrogens is 1. The summed E-state index contributed by atoms with van der Waals surface area (Å²) in [5.74, 6) is 1.23. The summed E-state index contributed by atoms with van der Waals surface area (Å²) in [6.45, 7) is 8.19. The number of carbonyl (C=O) groups is 1. The number of pyridine rings is 1. The summed E-state index contributed by atoms with van der Waals surface area (Å²) >= 11 is 0. The molecule has 1 aromatic carbocycles. The maximum atomic E-state index is 12.8. The molecule has 0 bridgehead atoms. The SMILES string of the molecule is Cc1ccc(-c2n[nH]c(C(C)(C)C)n2)cc1NC(=O)c1cnn2ccccc12. The van der Waals surface area contributed by atoms with Gasteiger partial charge in [0.2, 0.25) is 0 Å². The highest BCUT2D eigenvalue weighted by Crippen LogP contribution is 2.26.